The maximum absolute atomic E-state index is 13.8. The monoisotopic (exact) mass is 785 g/mol. The number of ether oxygens (including phenoxy) is 6. The van der Waals surface area contributed by atoms with Gasteiger partial charge in [-0.2, -0.15) is 0 Å². The van der Waals surface area contributed by atoms with Crippen molar-refractivity contribution in [2.75, 3.05) is 19.8 Å². The van der Waals surface area contributed by atoms with Crippen LogP contribution in [0.25, 0.3) is 0 Å². The smallest absolute Gasteiger partial charge is 0.249 e. The van der Waals surface area contributed by atoms with Gasteiger partial charge in [0.25, 0.3) is 0 Å². The predicted octanol–water partition coefficient (Wildman–Crippen LogP) is -0.344. The van der Waals surface area contributed by atoms with Crippen LogP contribution >= 0.6 is 0 Å². The van der Waals surface area contributed by atoms with Crippen LogP contribution in [0, 0.1) is 11.8 Å². The Morgan fingerprint density at radius 2 is 1.69 bits per heavy atom. The van der Waals surface area contributed by atoms with Crippen LogP contribution in [0.2, 0.25) is 0 Å². The van der Waals surface area contributed by atoms with Gasteiger partial charge in [-0.05, 0) is 51.9 Å². The summed E-state index contributed by atoms with van der Waals surface area (Å²) < 4.78 is 38.3. The molecule has 0 bridgehead atoms. The van der Waals surface area contributed by atoms with Crippen LogP contribution < -0.4 is 10.6 Å². The van der Waals surface area contributed by atoms with Gasteiger partial charge >= 0.3 is 0 Å². The van der Waals surface area contributed by atoms with Gasteiger partial charge in [0, 0.05) is 13.2 Å². The first kappa shape index (κ1) is 43.8. The van der Waals surface area contributed by atoms with Gasteiger partial charge in [0.05, 0.1) is 37.7 Å². The molecule has 6 unspecified atom stereocenters. The first-order valence-electron chi connectivity index (χ1n) is 20.1. The van der Waals surface area contributed by atoms with Crippen molar-refractivity contribution in [2.45, 2.75) is 178 Å². The molecule has 2 saturated heterocycles. The number of rotatable bonds is 17. The highest BCUT2D eigenvalue weighted by Gasteiger charge is 2.51. The fourth-order valence-corrected chi connectivity index (χ4v) is 8.15. The van der Waals surface area contributed by atoms with Crippen molar-refractivity contribution in [3.8, 4) is 0 Å². The van der Waals surface area contributed by atoms with Crippen LogP contribution in [0.15, 0.2) is 6.20 Å². The van der Waals surface area contributed by atoms with Gasteiger partial charge in [-0.15, -0.1) is 5.10 Å². The van der Waals surface area contributed by atoms with Crippen LogP contribution in [-0.2, 0) is 51.2 Å². The van der Waals surface area contributed by atoms with Crippen molar-refractivity contribution in [2.24, 2.45) is 11.8 Å². The highest BCUT2D eigenvalue weighted by molar-refractivity contribution is 5.80. The van der Waals surface area contributed by atoms with E-state index in [1.807, 2.05) is 20.8 Å². The van der Waals surface area contributed by atoms with Crippen LogP contribution in [0.4, 0.5) is 0 Å². The molecule has 2 aliphatic heterocycles. The molecule has 1 aromatic rings. The molecule has 7 N–H and O–H groups in total. The van der Waals surface area contributed by atoms with E-state index in [1.165, 1.54) is 4.68 Å². The lowest BCUT2D eigenvalue weighted by molar-refractivity contribution is -0.336. The highest BCUT2D eigenvalue weighted by Crippen LogP contribution is 2.36. The number of nitrogens with one attached hydrogen (secondary N) is 2. The number of hydrogen-bond acceptors (Lipinski definition) is 15. The maximum atomic E-state index is 13.8. The minimum atomic E-state index is -1.54. The summed E-state index contributed by atoms with van der Waals surface area (Å²) in [5, 5.41) is 67.5. The van der Waals surface area contributed by atoms with Gasteiger partial charge in [0.1, 0.15) is 61.0 Å². The Hall–Kier alpha value is -2.36. The summed E-state index contributed by atoms with van der Waals surface area (Å²) in [5.74, 6) is -0.772. The Labute approximate surface area is 322 Å². The lowest BCUT2D eigenvalue weighted by atomic mass is 9.85. The van der Waals surface area contributed by atoms with Gasteiger partial charge < -0.3 is 64.6 Å². The first-order chi connectivity index (χ1) is 26.4. The molecule has 5 rings (SSSR count). The molecular weight excluding hydrogens is 722 g/mol. The molecule has 2 amide bonds. The number of aromatic nitrogens is 3. The summed E-state index contributed by atoms with van der Waals surface area (Å²) in [6, 6.07) is -1.19. The second-order valence-electron chi connectivity index (χ2n) is 15.4. The second kappa shape index (κ2) is 20.9. The minimum absolute atomic E-state index is 0.118. The Balaban J connectivity index is 1.43. The molecule has 55 heavy (non-hydrogen) atoms. The average Bonchev–Trinajstić information content (AvgIpc) is 3.62. The van der Waals surface area contributed by atoms with Crippen LogP contribution in [-0.4, -0.2) is 152 Å². The lowest BCUT2D eigenvalue weighted by Gasteiger charge is -2.48. The Bertz CT molecular complexity index is 1340. The molecule has 0 aromatic carbocycles. The summed E-state index contributed by atoms with van der Waals surface area (Å²) >= 11 is 0. The SMILES string of the molecule is CCNC(=O)[C@H](CC1CCCCC1)OC1C(NC(=O)Cn2cc(COCC)nn2)[C@H](O[C@@H]2CCC[C@@H](C)C2O[C@@H]2OC(C)[C@@H](O)[C@H](O)C2O)OC(CO)[C@@H]1O. The molecule has 1 aromatic heterocycles. The minimum Gasteiger partial charge on any atom is -0.394 e. The molecule has 18 nitrogen and oxygen atoms in total. The van der Waals surface area contributed by atoms with E-state index in [0.717, 1.165) is 44.9 Å². The predicted molar refractivity (Wildman–Crippen MR) is 193 cm³/mol. The molecule has 4 fully saturated rings. The van der Waals surface area contributed by atoms with E-state index < -0.39 is 92.2 Å². The number of amides is 2. The van der Waals surface area contributed by atoms with Gasteiger partial charge in [-0.3, -0.25) is 9.59 Å². The number of aliphatic hydroxyl groups excluding tert-OH is 5. The third-order valence-electron chi connectivity index (χ3n) is 11.2. The third kappa shape index (κ3) is 11.4. The number of carbonyl (C=O) groups excluding carboxylic acids is 2. The molecular formula is C37H63N5O13. The first-order valence-corrected chi connectivity index (χ1v) is 20.1. The molecule has 0 radical (unpaired) electrons. The van der Waals surface area contributed by atoms with E-state index in [4.69, 9.17) is 28.4 Å². The molecule has 18 heteroatoms. The number of hydrogen-bond donors (Lipinski definition) is 7. The lowest BCUT2D eigenvalue weighted by Crippen LogP contribution is -2.67. The van der Waals surface area contributed by atoms with Crippen molar-refractivity contribution < 1.29 is 63.5 Å². The average molecular weight is 786 g/mol. The van der Waals surface area contributed by atoms with Crippen LogP contribution in [0.1, 0.15) is 91.2 Å². The summed E-state index contributed by atoms with van der Waals surface area (Å²) in [6.07, 6.45) is -4.99. The van der Waals surface area contributed by atoms with Gasteiger partial charge in [0.2, 0.25) is 11.8 Å². The fraction of sp³-hybridized carbons (Fsp3) is 0.892. The maximum Gasteiger partial charge on any atom is 0.249 e. The molecule has 14 atom stereocenters. The van der Waals surface area contributed by atoms with Gasteiger partial charge in [-0.1, -0.05) is 50.7 Å². The summed E-state index contributed by atoms with van der Waals surface area (Å²) in [7, 11) is 0. The van der Waals surface area contributed by atoms with E-state index >= 15 is 0 Å². The quantitative estimate of drug-likeness (QED) is 0.107. The van der Waals surface area contributed by atoms with E-state index in [0.29, 0.717) is 31.7 Å². The third-order valence-corrected chi connectivity index (χ3v) is 11.2. The van der Waals surface area contributed by atoms with Crippen LogP contribution in [0.5, 0.6) is 0 Å². The highest BCUT2D eigenvalue weighted by atomic mass is 16.7. The largest absolute Gasteiger partial charge is 0.394 e. The summed E-state index contributed by atoms with van der Waals surface area (Å²) in [5.41, 5.74) is 0.535. The van der Waals surface area contributed by atoms with Crippen molar-refractivity contribution in [1.29, 1.82) is 0 Å². The Morgan fingerprint density at radius 1 is 0.927 bits per heavy atom. The number of carbonyl (C=O) groups is 2. The van der Waals surface area contributed by atoms with Crippen molar-refractivity contribution in [3.63, 3.8) is 0 Å². The Kier molecular flexibility index (Phi) is 16.6. The van der Waals surface area contributed by atoms with Gasteiger partial charge in [0.15, 0.2) is 12.6 Å². The standard InChI is InChI=1S/C37H63N5O13/c1-5-38-35(49)25(15-22-12-8-7-9-13-22)52-34-28(39-27(44)17-42-16-23(40-41-42)19-50-6-2)36(54-26(18-43)30(34)46)53-24-14-10-11-20(3)33(24)55-37-32(48)31(47)29(45)21(4)51-37/h16,20-22,24-26,28-34,36-37,43,45-48H,5-15,17-19H2,1-4H3,(H,38,49)(H,39,44)/t20-,21?,24-,25+,26?,28?,29-,30+,31+,32?,33?,34?,36-,37+/m1/s1. The molecule has 4 aliphatic rings. The Morgan fingerprint density at radius 3 is 2.40 bits per heavy atom. The number of nitrogens with zero attached hydrogens (tertiary/aromatic N) is 3. The molecule has 3 heterocycles. The van der Waals surface area contributed by atoms with E-state index in [1.54, 1.807) is 13.1 Å². The van der Waals surface area contributed by atoms with Crippen molar-refractivity contribution >= 4 is 11.8 Å². The molecule has 2 aliphatic carbocycles. The van der Waals surface area contributed by atoms with Crippen LogP contribution in [0.3, 0.4) is 0 Å². The topological polar surface area (TPSA) is 245 Å². The zero-order valence-electron chi connectivity index (χ0n) is 32.5. The van der Waals surface area contributed by atoms with Crippen molar-refractivity contribution in [3.05, 3.63) is 11.9 Å². The molecule has 0 spiro atoms. The van der Waals surface area contributed by atoms with Crippen molar-refractivity contribution in [1.82, 2.24) is 25.6 Å². The van der Waals surface area contributed by atoms with E-state index in [2.05, 4.69) is 20.9 Å². The normalized spacial score (nSPS) is 36.6. The summed E-state index contributed by atoms with van der Waals surface area (Å²) in [4.78, 5) is 27.3. The number of likely N-dealkylation sites (N-methyl/N-ethyl adjacent to an activating group) is 1. The number of aliphatic hydroxyl groups is 5. The van der Waals surface area contributed by atoms with Gasteiger partial charge in [-0.25, -0.2) is 4.68 Å². The molecule has 2 saturated carbocycles. The second-order valence-corrected chi connectivity index (χ2v) is 15.4. The van der Waals surface area contributed by atoms with E-state index in [-0.39, 0.29) is 30.9 Å². The zero-order valence-corrected chi connectivity index (χ0v) is 32.5. The summed E-state index contributed by atoms with van der Waals surface area (Å²) in [6.45, 7) is 7.39. The zero-order chi connectivity index (χ0) is 39.6. The fourth-order valence-electron chi connectivity index (χ4n) is 8.15. The molecule has 314 valence electrons. The van der Waals surface area contributed by atoms with E-state index in [9.17, 15) is 35.1 Å².